The maximum absolute atomic E-state index is 11.2. The first-order valence-corrected chi connectivity index (χ1v) is 5.06. The fourth-order valence-corrected chi connectivity index (χ4v) is 1.67. The van der Waals surface area contributed by atoms with Gasteiger partial charge in [-0.3, -0.25) is 4.79 Å². The Morgan fingerprint density at radius 2 is 2.00 bits per heavy atom. The standard InChI is InChI=1S/C13H12O3/c14-13(15)12(11-6-7-16-9-11)8-10-4-2-1-3-5-10/h1-7,9,12H,8H2,(H,14,15)/t12-/m0/s1. The molecule has 3 nitrogen and oxygen atoms in total. The van der Waals surface area contributed by atoms with Crippen molar-refractivity contribution < 1.29 is 14.3 Å². The van der Waals surface area contributed by atoms with E-state index >= 15 is 0 Å². The highest BCUT2D eigenvalue weighted by Crippen LogP contribution is 2.21. The number of furan rings is 1. The topological polar surface area (TPSA) is 50.4 Å². The summed E-state index contributed by atoms with van der Waals surface area (Å²) in [6, 6.07) is 11.3. The van der Waals surface area contributed by atoms with E-state index in [4.69, 9.17) is 9.52 Å². The van der Waals surface area contributed by atoms with Crippen molar-refractivity contribution in [2.45, 2.75) is 12.3 Å². The highest BCUT2D eigenvalue weighted by molar-refractivity contribution is 5.76. The molecule has 1 aromatic carbocycles. The minimum atomic E-state index is -0.828. The first-order valence-electron chi connectivity index (χ1n) is 5.06. The molecule has 1 N–H and O–H groups in total. The molecule has 0 fully saturated rings. The van der Waals surface area contributed by atoms with Crippen LogP contribution in [-0.4, -0.2) is 11.1 Å². The fraction of sp³-hybridized carbons (Fsp3) is 0.154. The van der Waals surface area contributed by atoms with Gasteiger partial charge in [0.15, 0.2) is 0 Å². The summed E-state index contributed by atoms with van der Waals surface area (Å²) in [6.45, 7) is 0. The van der Waals surface area contributed by atoms with E-state index in [1.165, 1.54) is 12.5 Å². The zero-order valence-corrected chi connectivity index (χ0v) is 8.67. The molecule has 0 bridgehead atoms. The van der Waals surface area contributed by atoms with Crippen LogP contribution in [0.1, 0.15) is 17.0 Å². The van der Waals surface area contributed by atoms with Gasteiger partial charge in [0.2, 0.25) is 0 Å². The Morgan fingerprint density at radius 3 is 2.56 bits per heavy atom. The molecule has 0 aliphatic rings. The molecular weight excluding hydrogens is 204 g/mol. The average Bonchev–Trinajstić information content (AvgIpc) is 2.80. The monoisotopic (exact) mass is 216 g/mol. The summed E-state index contributed by atoms with van der Waals surface area (Å²) in [5.41, 5.74) is 1.72. The van der Waals surface area contributed by atoms with E-state index in [2.05, 4.69) is 0 Å². The van der Waals surface area contributed by atoms with Crippen molar-refractivity contribution in [2.75, 3.05) is 0 Å². The van der Waals surface area contributed by atoms with Crippen LogP contribution in [0, 0.1) is 0 Å². The molecule has 0 unspecified atom stereocenters. The summed E-state index contributed by atoms with van der Waals surface area (Å²) in [6.07, 6.45) is 3.47. The minimum Gasteiger partial charge on any atom is -0.481 e. The first kappa shape index (κ1) is 10.5. The normalized spacial score (nSPS) is 12.2. The maximum atomic E-state index is 11.2. The van der Waals surface area contributed by atoms with Crippen LogP contribution in [0.5, 0.6) is 0 Å². The molecule has 0 saturated heterocycles. The number of hydrogen-bond donors (Lipinski definition) is 1. The highest BCUT2D eigenvalue weighted by atomic mass is 16.4. The van der Waals surface area contributed by atoms with Crippen molar-refractivity contribution in [3.63, 3.8) is 0 Å². The molecule has 0 saturated carbocycles. The molecule has 2 rings (SSSR count). The van der Waals surface area contributed by atoms with Crippen molar-refractivity contribution >= 4 is 5.97 Å². The Kier molecular flexibility index (Phi) is 3.05. The molecule has 1 atom stereocenters. The Bertz CT molecular complexity index is 445. The zero-order chi connectivity index (χ0) is 11.4. The molecule has 0 radical (unpaired) electrons. The third-order valence-corrected chi connectivity index (χ3v) is 2.53. The van der Waals surface area contributed by atoms with Gasteiger partial charge in [-0.05, 0) is 18.1 Å². The molecular formula is C13H12O3. The molecule has 0 amide bonds. The molecule has 1 aromatic heterocycles. The van der Waals surface area contributed by atoms with Crippen LogP contribution in [0.15, 0.2) is 53.3 Å². The van der Waals surface area contributed by atoms with E-state index in [1.807, 2.05) is 30.3 Å². The number of rotatable bonds is 4. The van der Waals surface area contributed by atoms with E-state index in [0.717, 1.165) is 5.56 Å². The van der Waals surface area contributed by atoms with Crippen LogP contribution < -0.4 is 0 Å². The number of hydrogen-bond acceptors (Lipinski definition) is 2. The van der Waals surface area contributed by atoms with E-state index < -0.39 is 11.9 Å². The highest BCUT2D eigenvalue weighted by Gasteiger charge is 2.21. The van der Waals surface area contributed by atoms with Crippen LogP contribution in [0.3, 0.4) is 0 Å². The number of carbonyl (C=O) groups is 1. The van der Waals surface area contributed by atoms with Crippen LogP contribution in [0.4, 0.5) is 0 Å². The maximum Gasteiger partial charge on any atom is 0.311 e. The predicted molar refractivity (Wildman–Crippen MR) is 59.2 cm³/mol. The predicted octanol–water partition coefficient (Wildman–Crippen LogP) is 2.69. The lowest BCUT2D eigenvalue weighted by molar-refractivity contribution is -0.138. The van der Waals surface area contributed by atoms with Gasteiger partial charge in [-0.15, -0.1) is 0 Å². The molecule has 1 heterocycles. The summed E-state index contributed by atoms with van der Waals surface area (Å²) in [7, 11) is 0. The number of carboxylic acids is 1. The summed E-state index contributed by atoms with van der Waals surface area (Å²) >= 11 is 0. The first-order chi connectivity index (χ1) is 7.77. The van der Waals surface area contributed by atoms with Gasteiger partial charge < -0.3 is 9.52 Å². The van der Waals surface area contributed by atoms with Gasteiger partial charge in [0.1, 0.15) is 0 Å². The molecule has 0 aliphatic carbocycles. The Morgan fingerprint density at radius 1 is 1.25 bits per heavy atom. The van der Waals surface area contributed by atoms with E-state index in [9.17, 15) is 4.79 Å². The SMILES string of the molecule is O=C(O)[C@@H](Cc1ccccc1)c1ccoc1. The van der Waals surface area contributed by atoms with E-state index in [-0.39, 0.29) is 0 Å². The number of benzene rings is 1. The van der Waals surface area contributed by atoms with E-state index in [1.54, 1.807) is 6.07 Å². The lowest BCUT2D eigenvalue weighted by atomic mass is 9.94. The second-order valence-corrected chi connectivity index (χ2v) is 3.64. The smallest absolute Gasteiger partial charge is 0.311 e. The second-order valence-electron chi connectivity index (χ2n) is 3.64. The fourth-order valence-electron chi connectivity index (χ4n) is 1.67. The molecule has 0 aliphatic heterocycles. The quantitative estimate of drug-likeness (QED) is 0.854. The molecule has 82 valence electrons. The van der Waals surface area contributed by atoms with Gasteiger partial charge in [-0.2, -0.15) is 0 Å². The van der Waals surface area contributed by atoms with Crippen molar-refractivity contribution in [1.82, 2.24) is 0 Å². The Labute approximate surface area is 93.3 Å². The van der Waals surface area contributed by atoms with Crippen molar-refractivity contribution in [3.8, 4) is 0 Å². The lowest BCUT2D eigenvalue weighted by Crippen LogP contribution is -2.13. The molecule has 0 spiro atoms. The summed E-state index contributed by atoms with van der Waals surface area (Å²) in [5.74, 6) is -1.37. The van der Waals surface area contributed by atoms with Crippen LogP contribution in [0.2, 0.25) is 0 Å². The molecule has 3 heteroatoms. The van der Waals surface area contributed by atoms with Gasteiger partial charge in [0.05, 0.1) is 18.4 Å². The van der Waals surface area contributed by atoms with Crippen molar-refractivity contribution in [2.24, 2.45) is 0 Å². The summed E-state index contributed by atoms with van der Waals surface area (Å²) < 4.78 is 4.92. The third kappa shape index (κ3) is 2.31. The van der Waals surface area contributed by atoms with Gasteiger partial charge in [-0.25, -0.2) is 0 Å². The van der Waals surface area contributed by atoms with Crippen LogP contribution >= 0.6 is 0 Å². The van der Waals surface area contributed by atoms with Crippen molar-refractivity contribution in [3.05, 3.63) is 60.1 Å². The molecule has 2 aromatic rings. The molecule has 16 heavy (non-hydrogen) atoms. The second kappa shape index (κ2) is 4.66. The van der Waals surface area contributed by atoms with Crippen LogP contribution in [0.25, 0.3) is 0 Å². The Balaban J connectivity index is 2.19. The van der Waals surface area contributed by atoms with Gasteiger partial charge in [-0.1, -0.05) is 30.3 Å². The summed E-state index contributed by atoms with van der Waals surface area (Å²) in [5, 5.41) is 9.16. The Hall–Kier alpha value is -2.03. The van der Waals surface area contributed by atoms with Gasteiger partial charge in [0.25, 0.3) is 0 Å². The largest absolute Gasteiger partial charge is 0.481 e. The number of carboxylic acid groups (broad SMARTS) is 1. The van der Waals surface area contributed by atoms with Gasteiger partial charge in [0, 0.05) is 5.56 Å². The third-order valence-electron chi connectivity index (χ3n) is 2.53. The van der Waals surface area contributed by atoms with Gasteiger partial charge >= 0.3 is 5.97 Å². The van der Waals surface area contributed by atoms with Crippen molar-refractivity contribution in [1.29, 1.82) is 0 Å². The minimum absolute atomic E-state index is 0.482. The zero-order valence-electron chi connectivity index (χ0n) is 8.67. The van der Waals surface area contributed by atoms with Crippen LogP contribution in [-0.2, 0) is 11.2 Å². The average molecular weight is 216 g/mol. The van der Waals surface area contributed by atoms with E-state index in [0.29, 0.717) is 12.0 Å². The summed E-state index contributed by atoms with van der Waals surface area (Å²) in [4.78, 5) is 11.2. The number of aliphatic carboxylic acids is 1. The lowest BCUT2D eigenvalue weighted by Gasteiger charge is -2.09.